The summed E-state index contributed by atoms with van der Waals surface area (Å²) < 4.78 is 19.0. The van der Waals surface area contributed by atoms with Crippen LogP contribution >= 0.6 is 0 Å². The molecule has 0 aromatic heterocycles. The lowest BCUT2D eigenvalue weighted by Crippen LogP contribution is -2.20. The Morgan fingerprint density at radius 2 is 2.15 bits per heavy atom. The Morgan fingerprint density at radius 3 is 2.80 bits per heavy atom. The number of methoxy groups -OCH3 is 1. The molecule has 0 radical (unpaired) electrons. The fraction of sp³-hybridized carbons (Fsp3) is 0.529. The standard InChI is InChI=1S/C17H26FNO/c1-13(2)12-19-10-6-7-14(3)11-15-8-5-9-16(20-4)17(15)18/h5,7-9,13,19H,6,10-12H2,1-4H3/b14-7+. The molecule has 1 rings (SSSR count). The highest BCUT2D eigenvalue weighted by molar-refractivity contribution is 5.33. The van der Waals surface area contributed by atoms with Crippen molar-refractivity contribution in [2.75, 3.05) is 20.2 Å². The highest BCUT2D eigenvalue weighted by atomic mass is 19.1. The molecule has 0 fully saturated rings. The van der Waals surface area contributed by atoms with Crippen molar-refractivity contribution in [3.8, 4) is 5.75 Å². The van der Waals surface area contributed by atoms with E-state index in [-0.39, 0.29) is 5.82 Å². The van der Waals surface area contributed by atoms with Crippen LogP contribution in [0.3, 0.4) is 0 Å². The number of benzene rings is 1. The van der Waals surface area contributed by atoms with E-state index in [9.17, 15) is 4.39 Å². The lowest BCUT2D eigenvalue weighted by molar-refractivity contribution is 0.384. The molecule has 2 nitrogen and oxygen atoms in total. The highest BCUT2D eigenvalue weighted by Crippen LogP contribution is 2.22. The van der Waals surface area contributed by atoms with Crippen molar-refractivity contribution in [3.05, 3.63) is 41.2 Å². The molecule has 1 aromatic carbocycles. The minimum atomic E-state index is -0.249. The maximum Gasteiger partial charge on any atom is 0.168 e. The molecule has 0 aliphatic rings. The van der Waals surface area contributed by atoms with Crippen molar-refractivity contribution in [3.63, 3.8) is 0 Å². The van der Waals surface area contributed by atoms with Gasteiger partial charge >= 0.3 is 0 Å². The zero-order valence-corrected chi connectivity index (χ0v) is 13.0. The first-order valence-corrected chi connectivity index (χ1v) is 7.22. The van der Waals surface area contributed by atoms with E-state index in [1.165, 1.54) is 12.7 Å². The van der Waals surface area contributed by atoms with Crippen molar-refractivity contribution < 1.29 is 9.13 Å². The lowest BCUT2D eigenvalue weighted by Gasteiger charge is -2.08. The van der Waals surface area contributed by atoms with Gasteiger partial charge in [-0.15, -0.1) is 0 Å². The number of rotatable bonds is 8. The summed E-state index contributed by atoms with van der Waals surface area (Å²) in [4.78, 5) is 0. The number of hydrogen-bond donors (Lipinski definition) is 1. The van der Waals surface area contributed by atoms with Crippen LogP contribution in [0.15, 0.2) is 29.8 Å². The predicted octanol–water partition coefficient (Wildman–Crippen LogP) is 3.96. The Kier molecular flexibility index (Phi) is 7.31. The van der Waals surface area contributed by atoms with Gasteiger partial charge in [-0.3, -0.25) is 0 Å². The van der Waals surface area contributed by atoms with Gasteiger partial charge in [-0.05, 0) is 50.4 Å². The van der Waals surface area contributed by atoms with Crippen molar-refractivity contribution in [2.24, 2.45) is 5.92 Å². The van der Waals surface area contributed by atoms with Crippen LogP contribution in [0.1, 0.15) is 32.8 Å². The molecule has 0 saturated heterocycles. The van der Waals surface area contributed by atoms with E-state index >= 15 is 0 Å². The monoisotopic (exact) mass is 279 g/mol. The number of ether oxygens (including phenoxy) is 1. The second-order valence-electron chi connectivity index (χ2n) is 5.55. The highest BCUT2D eigenvalue weighted by Gasteiger charge is 2.08. The minimum Gasteiger partial charge on any atom is -0.494 e. The van der Waals surface area contributed by atoms with Gasteiger partial charge in [0.25, 0.3) is 0 Å². The van der Waals surface area contributed by atoms with E-state index in [0.717, 1.165) is 19.5 Å². The molecule has 0 spiro atoms. The van der Waals surface area contributed by atoms with Gasteiger partial charge in [-0.1, -0.05) is 37.6 Å². The fourth-order valence-electron chi connectivity index (χ4n) is 2.03. The quantitative estimate of drug-likeness (QED) is 0.574. The van der Waals surface area contributed by atoms with E-state index in [1.807, 2.05) is 19.1 Å². The summed E-state index contributed by atoms with van der Waals surface area (Å²) in [6.07, 6.45) is 3.78. The molecule has 0 bridgehead atoms. The van der Waals surface area contributed by atoms with Crippen LogP contribution < -0.4 is 10.1 Å². The zero-order chi connectivity index (χ0) is 15.0. The Bertz CT molecular complexity index is 441. The molecule has 0 heterocycles. The van der Waals surface area contributed by atoms with E-state index in [0.29, 0.717) is 23.7 Å². The van der Waals surface area contributed by atoms with Crippen molar-refractivity contribution in [1.82, 2.24) is 5.32 Å². The first-order chi connectivity index (χ1) is 9.54. The van der Waals surface area contributed by atoms with Crippen LogP contribution in [0.5, 0.6) is 5.75 Å². The SMILES string of the molecule is COc1cccc(C/C(C)=C/CCNCC(C)C)c1F. The van der Waals surface area contributed by atoms with Crippen LogP contribution in [0.2, 0.25) is 0 Å². The topological polar surface area (TPSA) is 21.3 Å². The Balaban J connectivity index is 2.47. The van der Waals surface area contributed by atoms with Crippen LogP contribution in [0.4, 0.5) is 4.39 Å². The molecule has 1 N–H and O–H groups in total. The third-order valence-electron chi connectivity index (χ3n) is 3.10. The van der Waals surface area contributed by atoms with E-state index in [2.05, 4.69) is 25.2 Å². The molecular formula is C17H26FNO. The van der Waals surface area contributed by atoms with Crippen LogP contribution in [0.25, 0.3) is 0 Å². The molecular weight excluding hydrogens is 253 g/mol. The summed E-state index contributed by atoms with van der Waals surface area (Å²) in [5.74, 6) is 0.737. The second-order valence-corrected chi connectivity index (χ2v) is 5.55. The lowest BCUT2D eigenvalue weighted by atomic mass is 10.0. The summed E-state index contributed by atoms with van der Waals surface area (Å²) in [6, 6.07) is 5.29. The maximum absolute atomic E-state index is 14.0. The van der Waals surface area contributed by atoms with Crippen LogP contribution in [-0.2, 0) is 6.42 Å². The number of hydrogen-bond acceptors (Lipinski definition) is 2. The normalized spacial score (nSPS) is 12.0. The molecule has 112 valence electrons. The fourth-order valence-corrected chi connectivity index (χ4v) is 2.03. The average molecular weight is 279 g/mol. The summed E-state index contributed by atoms with van der Waals surface area (Å²) >= 11 is 0. The largest absolute Gasteiger partial charge is 0.494 e. The zero-order valence-electron chi connectivity index (χ0n) is 13.0. The van der Waals surface area contributed by atoms with Crippen molar-refractivity contribution in [2.45, 2.75) is 33.6 Å². The Labute approximate surface area is 122 Å². The summed E-state index contributed by atoms with van der Waals surface area (Å²) in [7, 11) is 1.49. The molecule has 0 amide bonds. The van der Waals surface area contributed by atoms with Crippen molar-refractivity contribution >= 4 is 0 Å². The molecule has 20 heavy (non-hydrogen) atoms. The van der Waals surface area contributed by atoms with Gasteiger partial charge < -0.3 is 10.1 Å². The number of halogens is 1. The van der Waals surface area contributed by atoms with E-state index < -0.39 is 0 Å². The first kappa shape index (κ1) is 16.7. The second kappa shape index (κ2) is 8.75. The molecule has 0 aliphatic heterocycles. The van der Waals surface area contributed by atoms with Crippen LogP contribution in [-0.4, -0.2) is 20.2 Å². The maximum atomic E-state index is 14.0. The van der Waals surface area contributed by atoms with E-state index in [1.54, 1.807) is 6.07 Å². The van der Waals surface area contributed by atoms with E-state index in [4.69, 9.17) is 4.74 Å². The smallest absolute Gasteiger partial charge is 0.168 e. The number of nitrogens with one attached hydrogen (secondary N) is 1. The molecule has 1 aromatic rings. The Morgan fingerprint density at radius 1 is 1.40 bits per heavy atom. The van der Waals surface area contributed by atoms with Gasteiger partial charge in [0.2, 0.25) is 0 Å². The van der Waals surface area contributed by atoms with Gasteiger partial charge in [0, 0.05) is 0 Å². The Hall–Kier alpha value is -1.35. The van der Waals surface area contributed by atoms with Gasteiger partial charge in [0.15, 0.2) is 11.6 Å². The molecule has 0 unspecified atom stereocenters. The van der Waals surface area contributed by atoms with Gasteiger partial charge in [-0.2, -0.15) is 0 Å². The van der Waals surface area contributed by atoms with Gasteiger partial charge in [0.1, 0.15) is 0 Å². The average Bonchev–Trinajstić information content (AvgIpc) is 2.40. The molecule has 0 aliphatic carbocycles. The molecule has 0 atom stereocenters. The van der Waals surface area contributed by atoms with Gasteiger partial charge in [-0.25, -0.2) is 4.39 Å². The van der Waals surface area contributed by atoms with Gasteiger partial charge in [0.05, 0.1) is 7.11 Å². The summed E-state index contributed by atoms with van der Waals surface area (Å²) in [5.41, 5.74) is 1.87. The number of allylic oxidation sites excluding steroid dienone is 1. The third-order valence-corrected chi connectivity index (χ3v) is 3.10. The summed E-state index contributed by atoms with van der Waals surface area (Å²) in [5, 5.41) is 3.40. The predicted molar refractivity (Wildman–Crippen MR) is 82.7 cm³/mol. The third kappa shape index (κ3) is 5.74. The molecule has 0 saturated carbocycles. The first-order valence-electron chi connectivity index (χ1n) is 7.22. The summed E-state index contributed by atoms with van der Waals surface area (Å²) in [6.45, 7) is 8.44. The van der Waals surface area contributed by atoms with Crippen molar-refractivity contribution in [1.29, 1.82) is 0 Å². The molecule has 3 heteroatoms. The van der Waals surface area contributed by atoms with Crippen LogP contribution in [0, 0.1) is 11.7 Å². The minimum absolute atomic E-state index is 0.249.